The number of likely N-dealkylation sites (tertiary alicyclic amines) is 1. The molecular formula is C23H23N3OS. The largest absolute Gasteiger partial charge is 0.365 e. The lowest BCUT2D eigenvalue weighted by atomic mass is 9.95. The fourth-order valence-corrected chi connectivity index (χ4v) is 5.80. The summed E-state index contributed by atoms with van der Waals surface area (Å²) < 4.78 is 3.36. The van der Waals surface area contributed by atoms with Gasteiger partial charge in [0.15, 0.2) is 0 Å². The second-order valence-corrected chi connectivity index (χ2v) is 8.76. The summed E-state index contributed by atoms with van der Waals surface area (Å²) in [7, 11) is 2.11. The summed E-state index contributed by atoms with van der Waals surface area (Å²) in [4.78, 5) is 15.3. The first-order chi connectivity index (χ1) is 13.6. The molecule has 1 aliphatic heterocycles. The molecule has 28 heavy (non-hydrogen) atoms. The van der Waals surface area contributed by atoms with Gasteiger partial charge in [-0.2, -0.15) is 0 Å². The van der Waals surface area contributed by atoms with Gasteiger partial charge in [0.2, 0.25) is 0 Å². The molecule has 2 aromatic heterocycles. The average molecular weight is 390 g/mol. The lowest BCUT2D eigenvalue weighted by Gasteiger charge is -2.16. The molecule has 0 radical (unpaired) electrons. The summed E-state index contributed by atoms with van der Waals surface area (Å²) in [6, 6.07) is 16.8. The van der Waals surface area contributed by atoms with Gasteiger partial charge in [0, 0.05) is 47.9 Å². The van der Waals surface area contributed by atoms with Gasteiger partial charge in [-0.1, -0.05) is 36.4 Å². The molecule has 5 heteroatoms. The Bertz CT molecular complexity index is 1190. The molecule has 0 unspecified atom stereocenters. The highest BCUT2D eigenvalue weighted by molar-refractivity contribution is 7.21. The zero-order chi connectivity index (χ0) is 19.3. The van der Waals surface area contributed by atoms with Crippen molar-refractivity contribution < 1.29 is 4.79 Å². The molecule has 1 atom stereocenters. The smallest absolute Gasteiger partial charge is 0.259 e. The number of benzene rings is 2. The van der Waals surface area contributed by atoms with Gasteiger partial charge in [0.25, 0.3) is 5.91 Å². The first kappa shape index (κ1) is 17.5. The minimum Gasteiger partial charge on any atom is -0.365 e. The SMILES string of the molecule is Cn1cc(CN2CC[C@@H](c3c(C(N)=O)sc4ccccc34)C2)c2ccccc21. The molecule has 2 aromatic carbocycles. The lowest BCUT2D eigenvalue weighted by Crippen LogP contribution is -2.20. The Morgan fingerprint density at radius 1 is 1.14 bits per heavy atom. The number of rotatable bonds is 4. The average Bonchev–Trinajstić information content (AvgIpc) is 3.38. The van der Waals surface area contributed by atoms with Crippen LogP contribution in [0.5, 0.6) is 0 Å². The van der Waals surface area contributed by atoms with Gasteiger partial charge >= 0.3 is 0 Å². The molecule has 4 aromatic rings. The molecule has 1 aliphatic rings. The topological polar surface area (TPSA) is 51.3 Å². The van der Waals surface area contributed by atoms with Gasteiger partial charge < -0.3 is 10.3 Å². The second-order valence-electron chi connectivity index (χ2n) is 7.71. The molecule has 0 aliphatic carbocycles. The van der Waals surface area contributed by atoms with Crippen molar-refractivity contribution in [3.05, 3.63) is 70.7 Å². The fraction of sp³-hybridized carbons (Fsp3) is 0.261. The fourth-order valence-electron chi connectivity index (χ4n) is 4.66. The van der Waals surface area contributed by atoms with Gasteiger partial charge in [-0.3, -0.25) is 9.69 Å². The second kappa shape index (κ2) is 6.76. The van der Waals surface area contributed by atoms with Crippen molar-refractivity contribution in [2.24, 2.45) is 12.8 Å². The molecule has 0 bridgehead atoms. The first-order valence-electron chi connectivity index (χ1n) is 9.68. The van der Waals surface area contributed by atoms with E-state index in [4.69, 9.17) is 5.73 Å². The molecule has 0 saturated carbocycles. The van der Waals surface area contributed by atoms with E-state index in [9.17, 15) is 4.79 Å². The molecule has 1 saturated heterocycles. The third-order valence-corrected chi connectivity index (χ3v) is 7.11. The van der Waals surface area contributed by atoms with Crippen LogP contribution < -0.4 is 5.73 Å². The molecule has 3 heterocycles. The van der Waals surface area contributed by atoms with Crippen LogP contribution in [0.1, 0.15) is 33.1 Å². The van der Waals surface area contributed by atoms with Gasteiger partial charge in [-0.15, -0.1) is 11.3 Å². The number of nitrogens with zero attached hydrogens (tertiary/aromatic N) is 2. The van der Waals surface area contributed by atoms with Gasteiger partial charge in [0.1, 0.15) is 0 Å². The number of para-hydroxylation sites is 1. The lowest BCUT2D eigenvalue weighted by molar-refractivity contribution is 0.100. The van der Waals surface area contributed by atoms with Gasteiger partial charge in [0.05, 0.1) is 4.88 Å². The number of aryl methyl sites for hydroxylation is 1. The number of aromatic nitrogens is 1. The van der Waals surface area contributed by atoms with Crippen LogP contribution in [0.2, 0.25) is 0 Å². The van der Waals surface area contributed by atoms with Crippen molar-refractivity contribution in [3.63, 3.8) is 0 Å². The number of primary amides is 1. The minimum absolute atomic E-state index is 0.302. The van der Waals surface area contributed by atoms with Crippen LogP contribution in [0.3, 0.4) is 0 Å². The monoisotopic (exact) mass is 389 g/mol. The number of fused-ring (bicyclic) bond motifs is 2. The van der Waals surface area contributed by atoms with Crippen LogP contribution in [-0.4, -0.2) is 28.5 Å². The Morgan fingerprint density at radius 2 is 1.89 bits per heavy atom. The zero-order valence-electron chi connectivity index (χ0n) is 15.9. The van der Waals surface area contributed by atoms with E-state index in [2.05, 4.69) is 59.1 Å². The summed E-state index contributed by atoms with van der Waals surface area (Å²) in [5.74, 6) is 0.0531. The van der Waals surface area contributed by atoms with Crippen molar-refractivity contribution in [2.45, 2.75) is 18.9 Å². The highest BCUT2D eigenvalue weighted by atomic mass is 32.1. The van der Waals surface area contributed by atoms with Crippen LogP contribution in [0.25, 0.3) is 21.0 Å². The standard InChI is InChI=1S/C23H23N3OS/c1-25-12-16(17-6-2-4-8-19(17)25)14-26-11-10-15(13-26)21-18-7-3-5-9-20(18)28-22(21)23(24)27/h2-9,12,15H,10-11,13-14H2,1H3,(H2,24,27)/t15-/m1/s1. The zero-order valence-corrected chi connectivity index (χ0v) is 16.7. The van der Waals surface area contributed by atoms with E-state index < -0.39 is 0 Å². The van der Waals surface area contributed by atoms with E-state index in [1.54, 1.807) is 0 Å². The Labute approximate surface area is 168 Å². The number of thiophene rings is 1. The third kappa shape index (κ3) is 2.82. The highest BCUT2D eigenvalue weighted by Crippen LogP contribution is 2.40. The van der Waals surface area contributed by atoms with Crippen molar-refractivity contribution >= 4 is 38.2 Å². The molecule has 5 rings (SSSR count). The summed E-state index contributed by atoms with van der Waals surface area (Å²) in [5.41, 5.74) is 9.52. The highest BCUT2D eigenvalue weighted by Gasteiger charge is 2.30. The Balaban J connectivity index is 1.44. The predicted molar refractivity (Wildman–Crippen MR) is 116 cm³/mol. The van der Waals surface area contributed by atoms with Crippen LogP contribution in [-0.2, 0) is 13.6 Å². The van der Waals surface area contributed by atoms with Crippen molar-refractivity contribution in [1.29, 1.82) is 0 Å². The summed E-state index contributed by atoms with van der Waals surface area (Å²) >= 11 is 1.53. The van der Waals surface area contributed by atoms with Crippen molar-refractivity contribution in [3.8, 4) is 0 Å². The molecule has 1 amide bonds. The van der Waals surface area contributed by atoms with E-state index in [-0.39, 0.29) is 5.91 Å². The number of hydrogen-bond donors (Lipinski definition) is 1. The minimum atomic E-state index is -0.302. The number of hydrogen-bond acceptors (Lipinski definition) is 3. The first-order valence-corrected chi connectivity index (χ1v) is 10.5. The Hall–Kier alpha value is -2.63. The van der Waals surface area contributed by atoms with Gasteiger partial charge in [-0.25, -0.2) is 0 Å². The molecule has 0 spiro atoms. The quantitative estimate of drug-likeness (QED) is 0.559. The molecule has 2 N–H and O–H groups in total. The number of amides is 1. The summed E-state index contributed by atoms with van der Waals surface area (Å²) in [5, 5.41) is 2.52. The van der Waals surface area contributed by atoms with Crippen LogP contribution >= 0.6 is 11.3 Å². The number of nitrogens with two attached hydrogens (primary N) is 1. The summed E-state index contributed by atoms with van der Waals surface area (Å²) in [6.07, 6.45) is 3.30. The van der Waals surface area contributed by atoms with E-state index in [0.717, 1.165) is 41.2 Å². The van der Waals surface area contributed by atoms with E-state index in [0.29, 0.717) is 5.92 Å². The van der Waals surface area contributed by atoms with Crippen molar-refractivity contribution in [1.82, 2.24) is 9.47 Å². The van der Waals surface area contributed by atoms with E-state index >= 15 is 0 Å². The van der Waals surface area contributed by atoms with Crippen LogP contribution in [0.4, 0.5) is 0 Å². The Morgan fingerprint density at radius 3 is 2.71 bits per heavy atom. The third-order valence-electron chi connectivity index (χ3n) is 5.91. The molecule has 4 nitrogen and oxygen atoms in total. The van der Waals surface area contributed by atoms with Crippen molar-refractivity contribution in [2.75, 3.05) is 13.1 Å². The Kier molecular flexibility index (Phi) is 4.22. The maximum atomic E-state index is 12.1. The van der Waals surface area contributed by atoms with E-state index in [1.165, 1.54) is 33.2 Å². The maximum absolute atomic E-state index is 12.1. The maximum Gasteiger partial charge on any atom is 0.259 e. The summed E-state index contributed by atoms with van der Waals surface area (Å²) in [6.45, 7) is 2.94. The van der Waals surface area contributed by atoms with Gasteiger partial charge in [-0.05, 0) is 41.6 Å². The normalized spacial score (nSPS) is 17.7. The van der Waals surface area contributed by atoms with Crippen LogP contribution in [0, 0.1) is 0 Å². The molecular weight excluding hydrogens is 366 g/mol. The van der Waals surface area contributed by atoms with Crippen LogP contribution in [0.15, 0.2) is 54.7 Å². The number of carbonyl (C=O) groups excluding carboxylic acids is 1. The molecule has 142 valence electrons. The van der Waals surface area contributed by atoms with E-state index in [1.807, 2.05) is 12.1 Å². The molecule has 1 fully saturated rings. The number of carbonyl (C=O) groups is 1. The predicted octanol–water partition coefficient (Wildman–Crippen LogP) is 4.48.